The monoisotopic (exact) mass is 461 g/mol. The van der Waals surface area contributed by atoms with Gasteiger partial charge >= 0.3 is 11.9 Å². The predicted octanol–water partition coefficient (Wildman–Crippen LogP) is 7.93. The largest absolute Gasteiger partial charge is 0.465 e. The molecule has 0 radical (unpaired) electrons. The zero-order valence-corrected chi connectivity index (χ0v) is 21.4. The van der Waals surface area contributed by atoms with E-state index in [4.69, 9.17) is 9.47 Å². The van der Waals surface area contributed by atoms with E-state index in [0.717, 1.165) is 18.7 Å². The van der Waals surface area contributed by atoms with Crippen LogP contribution in [0.5, 0.6) is 0 Å². The Hall–Kier alpha value is -2.04. The van der Waals surface area contributed by atoms with Crippen LogP contribution in [-0.2, 0) is 9.47 Å². The number of methoxy groups -OCH3 is 2. The molecule has 0 aliphatic rings. The highest BCUT2D eigenvalue weighted by molar-refractivity contribution is 5.96. The van der Waals surface area contributed by atoms with Gasteiger partial charge in [-0.25, -0.2) is 9.59 Å². The van der Waals surface area contributed by atoms with Crippen LogP contribution in [0, 0.1) is 0 Å². The molecule has 1 aromatic carbocycles. The molecule has 0 aliphatic heterocycles. The fourth-order valence-electron chi connectivity index (χ4n) is 4.11. The summed E-state index contributed by atoms with van der Waals surface area (Å²) in [5.74, 6) is -0.933. The number of anilines is 1. The first kappa shape index (κ1) is 29.0. The lowest BCUT2D eigenvalue weighted by Crippen LogP contribution is -2.09. The Morgan fingerprint density at radius 1 is 0.606 bits per heavy atom. The van der Waals surface area contributed by atoms with Gasteiger partial charge in [0, 0.05) is 12.2 Å². The Balaban J connectivity index is 2.06. The van der Waals surface area contributed by atoms with Crippen LogP contribution in [0.15, 0.2) is 18.2 Å². The van der Waals surface area contributed by atoms with Crippen LogP contribution >= 0.6 is 0 Å². The van der Waals surface area contributed by atoms with Crippen LogP contribution in [0.1, 0.15) is 130 Å². The topological polar surface area (TPSA) is 64.6 Å². The highest BCUT2D eigenvalue weighted by atomic mass is 16.5. The quantitative estimate of drug-likeness (QED) is 0.158. The molecule has 0 aliphatic carbocycles. The fourth-order valence-corrected chi connectivity index (χ4v) is 4.11. The highest BCUT2D eigenvalue weighted by Gasteiger charge is 2.13. The summed E-state index contributed by atoms with van der Waals surface area (Å²) in [6, 6.07) is 4.92. The summed E-state index contributed by atoms with van der Waals surface area (Å²) in [5.41, 5.74) is 1.42. The average molecular weight is 462 g/mol. The van der Waals surface area contributed by atoms with Crippen LogP contribution in [0.3, 0.4) is 0 Å². The van der Waals surface area contributed by atoms with Crippen LogP contribution in [-0.4, -0.2) is 32.7 Å². The minimum atomic E-state index is -0.466. The molecule has 5 heteroatoms. The molecule has 0 saturated heterocycles. The number of nitrogens with one attached hydrogen (secondary N) is 1. The Kier molecular flexibility index (Phi) is 17.1. The molecule has 0 fully saturated rings. The molecule has 0 unspecified atom stereocenters. The molecule has 1 aromatic rings. The molecule has 188 valence electrons. The molecule has 1 N–H and O–H groups in total. The van der Waals surface area contributed by atoms with Crippen LogP contribution in [0.25, 0.3) is 0 Å². The van der Waals surface area contributed by atoms with Crippen molar-refractivity contribution in [2.75, 3.05) is 26.1 Å². The Morgan fingerprint density at radius 2 is 0.970 bits per heavy atom. The lowest BCUT2D eigenvalue weighted by molar-refractivity contribution is 0.0599. The summed E-state index contributed by atoms with van der Waals surface area (Å²) in [7, 11) is 2.66. The van der Waals surface area contributed by atoms with Gasteiger partial charge in [0.05, 0.1) is 25.3 Å². The van der Waals surface area contributed by atoms with Crippen LogP contribution < -0.4 is 5.32 Å². The van der Waals surface area contributed by atoms with Crippen molar-refractivity contribution in [3.8, 4) is 0 Å². The molecule has 0 bridgehead atoms. The third-order valence-corrected chi connectivity index (χ3v) is 6.13. The van der Waals surface area contributed by atoms with E-state index in [2.05, 4.69) is 12.2 Å². The second kappa shape index (κ2) is 19.4. The van der Waals surface area contributed by atoms with Crippen molar-refractivity contribution in [1.29, 1.82) is 0 Å². The molecule has 0 amide bonds. The molecular formula is C28H47NO4. The van der Waals surface area contributed by atoms with Gasteiger partial charge in [0.1, 0.15) is 0 Å². The third-order valence-electron chi connectivity index (χ3n) is 6.13. The van der Waals surface area contributed by atoms with E-state index in [-0.39, 0.29) is 0 Å². The zero-order chi connectivity index (χ0) is 24.2. The molecule has 33 heavy (non-hydrogen) atoms. The van der Waals surface area contributed by atoms with Crippen molar-refractivity contribution in [2.45, 2.75) is 110 Å². The summed E-state index contributed by atoms with van der Waals surface area (Å²) in [6.45, 7) is 3.08. The minimum absolute atomic E-state index is 0.342. The number of unbranched alkanes of at least 4 members (excludes halogenated alkanes) is 15. The second-order valence-electron chi connectivity index (χ2n) is 9.01. The van der Waals surface area contributed by atoms with Gasteiger partial charge in [0.25, 0.3) is 0 Å². The van der Waals surface area contributed by atoms with E-state index >= 15 is 0 Å². The van der Waals surface area contributed by atoms with Gasteiger partial charge in [-0.3, -0.25) is 0 Å². The van der Waals surface area contributed by atoms with Crippen molar-refractivity contribution in [1.82, 2.24) is 0 Å². The second-order valence-corrected chi connectivity index (χ2v) is 9.01. The maximum atomic E-state index is 11.9. The first-order chi connectivity index (χ1) is 16.1. The van der Waals surface area contributed by atoms with Crippen molar-refractivity contribution >= 4 is 17.6 Å². The number of esters is 2. The molecule has 0 atom stereocenters. The fraction of sp³-hybridized carbons (Fsp3) is 0.714. The molecule has 0 heterocycles. The number of hydrogen-bond donors (Lipinski definition) is 1. The molecule has 0 aromatic heterocycles. The van der Waals surface area contributed by atoms with Gasteiger partial charge < -0.3 is 14.8 Å². The van der Waals surface area contributed by atoms with Gasteiger partial charge in [-0.1, -0.05) is 103 Å². The minimum Gasteiger partial charge on any atom is -0.465 e. The van der Waals surface area contributed by atoms with Gasteiger partial charge in [0.2, 0.25) is 0 Å². The number of rotatable bonds is 20. The molecule has 5 nitrogen and oxygen atoms in total. The van der Waals surface area contributed by atoms with Crippen molar-refractivity contribution < 1.29 is 19.1 Å². The summed E-state index contributed by atoms with van der Waals surface area (Å²) >= 11 is 0. The van der Waals surface area contributed by atoms with Crippen molar-refractivity contribution in [3.05, 3.63) is 29.3 Å². The third kappa shape index (κ3) is 14.0. The number of ether oxygens (including phenoxy) is 2. The smallest absolute Gasteiger partial charge is 0.337 e. The highest BCUT2D eigenvalue weighted by Crippen LogP contribution is 2.18. The van der Waals surface area contributed by atoms with Gasteiger partial charge in [-0.15, -0.1) is 0 Å². The van der Waals surface area contributed by atoms with Gasteiger partial charge in [0.15, 0.2) is 0 Å². The SMILES string of the molecule is CCCCCCCCCCCCCCCCCCNc1cc(C(=O)OC)cc(C(=O)OC)c1. The molecule has 1 rings (SSSR count). The van der Waals surface area contributed by atoms with E-state index in [1.54, 1.807) is 12.1 Å². The lowest BCUT2D eigenvalue weighted by atomic mass is 10.0. The van der Waals surface area contributed by atoms with E-state index in [9.17, 15) is 9.59 Å². The van der Waals surface area contributed by atoms with Gasteiger partial charge in [-0.2, -0.15) is 0 Å². The lowest BCUT2D eigenvalue weighted by Gasteiger charge is -2.10. The summed E-state index contributed by atoms with van der Waals surface area (Å²) in [4.78, 5) is 23.7. The van der Waals surface area contributed by atoms with E-state index in [1.165, 1.54) is 117 Å². The predicted molar refractivity (Wildman–Crippen MR) is 137 cm³/mol. The molecule has 0 saturated carbocycles. The molecule has 0 spiro atoms. The maximum absolute atomic E-state index is 11.9. The zero-order valence-electron chi connectivity index (χ0n) is 21.4. The first-order valence-electron chi connectivity index (χ1n) is 13.2. The van der Waals surface area contributed by atoms with Gasteiger partial charge in [-0.05, 0) is 24.6 Å². The van der Waals surface area contributed by atoms with E-state index in [0.29, 0.717) is 11.1 Å². The summed E-state index contributed by atoms with van der Waals surface area (Å²) < 4.78 is 9.56. The average Bonchev–Trinajstić information content (AvgIpc) is 2.84. The Labute approximate surface area is 202 Å². The number of carbonyl (C=O) groups is 2. The maximum Gasteiger partial charge on any atom is 0.337 e. The standard InChI is InChI=1S/C28H47NO4/c1-4-5-6-7-8-9-10-11-12-13-14-15-16-17-18-19-20-29-26-22-24(27(30)32-2)21-25(23-26)28(31)33-3/h21-23,29H,4-20H2,1-3H3. The van der Waals surface area contributed by atoms with Crippen molar-refractivity contribution in [3.63, 3.8) is 0 Å². The van der Waals surface area contributed by atoms with Crippen LogP contribution in [0.2, 0.25) is 0 Å². The number of hydrogen-bond acceptors (Lipinski definition) is 5. The first-order valence-corrected chi connectivity index (χ1v) is 13.2. The van der Waals surface area contributed by atoms with E-state index in [1.807, 2.05) is 0 Å². The normalized spacial score (nSPS) is 10.8. The Morgan fingerprint density at radius 3 is 1.33 bits per heavy atom. The number of carbonyl (C=O) groups excluding carboxylic acids is 2. The van der Waals surface area contributed by atoms with E-state index < -0.39 is 11.9 Å². The summed E-state index contributed by atoms with van der Waals surface area (Å²) in [6.07, 6.45) is 21.6. The van der Waals surface area contributed by atoms with Crippen LogP contribution in [0.4, 0.5) is 5.69 Å². The molecular weight excluding hydrogens is 414 g/mol. The summed E-state index contributed by atoms with van der Waals surface area (Å²) in [5, 5.41) is 3.32. The Bertz CT molecular complexity index is 625. The van der Waals surface area contributed by atoms with Crippen molar-refractivity contribution in [2.24, 2.45) is 0 Å². The number of benzene rings is 1.